The zero-order valence-electron chi connectivity index (χ0n) is 7.76. The van der Waals surface area contributed by atoms with Crippen molar-refractivity contribution in [1.82, 2.24) is 0 Å². The first-order chi connectivity index (χ1) is 6.77. The van der Waals surface area contributed by atoms with Crippen molar-refractivity contribution in [2.24, 2.45) is 0 Å². The van der Waals surface area contributed by atoms with Crippen LogP contribution in [0.5, 0.6) is 0 Å². The SMILES string of the molecule is Nc1ccc(C#CCCBr)cc1CO. The molecule has 0 aliphatic carbocycles. The van der Waals surface area contributed by atoms with Crippen molar-refractivity contribution in [2.45, 2.75) is 13.0 Å². The topological polar surface area (TPSA) is 46.2 Å². The second-order valence-electron chi connectivity index (χ2n) is 2.81. The van der Waals surface area contributed by atoms with E-state index in [9.17, 15) is 0 Å². The van der Waals surface area contributed by atoms with E-state index in [1.54, 1.807) is 6.07 Å². The van der Waals surface area contributed by atoms with Crippen molar-refractivity contribution < 1.29 is 5.11 Å². The Labute approximate surface area is 92.3 Å². The highest BCUT2D eigenvalue weighted by Gasteiger charge is 1.97. The Balaban J connectivity index is 2.86. The zero-order chi connectivity index (χ0) is 10.4. The summed E-state index contributed by atoms with van der Waals surface area (Å²) in [6, 6.07) is 5.44. The standard InChI is InChI=1S/C11H12BrNO/c12-6-2-1-3-9-4-5-11(13)10(7-9)8-14/h4-5,7,14H,2,6,8,13H2. The minimum atomic E-state index is -0.0419. The van der Waals surface area contributed by atoms with Crippen LogP contribution in [-0.4, -0.2) is 10.4 Å². The number of aliphatic hydroxyl groups excluding tert-OH is 1. The molecule has 1 aromatic rings. The van der Waals surface area contributed by atoms with Crippen LogP contribution >= 0.6 is 15.9 Å². The molecule has 0 radical (unpaired) electrons. The van der Waals surface area contributed by atoms with Gasteiger partial charge in [0.2, 0.25) is 0 Å². The monoisotopic (exact) mass is 253 g/mol. The lowest BCUT2D eigenvalue weighted by atomic mass is 10.1. The van der Waals surface area contributed by atoms with Gasteiger partial charge in [0.1, 0.15) is 0 Å². The van der Waals surface area contributed by atoms with Gasteiger partial charge in [0, 0.05) is 28.6 Å². The Morgan fingerprint density at radius 3 is 2.86 bits per heavy atom. The minimum absolute atomic E-state index is 0.0419. The van der Waals surface area contributed by atoms with E-state index in [-0.39, 0.29) is 6.61 Å². The molecule has 1 aromatic carbocycles. The molecular weight excluding hydrogens is 242 g/mol. The first-order valence-electron chi connectivity index (χ1n) is 4.32. The molecule has 0 aliphatic rings. The Bertz CT molecular complexity index is 365. The Hall–Kier alpha value is -0.980. The average Bonchev–Trinajstić information content (AvgIpc) is 2.21. The van der Waals surface area contributed by atoms with Crippen molar-refractivity contribution >= 4 is 21.6 Å². The van der Waals surface area contributed by atoms with Crippen LogP contribution in [0.15, 0.2) is 18.2 Å². The second kappa shape index (κ2) is 5.69. The van der Waals surface area contributed by atoms with E-state index in [0.717, 1.165) is 22.9 Å². The molecule has 0 bridgehead atoms. The van der Waals surface area contributed by atoms with E-state index in [4.69, 9.17) is 10.8 Å². The van der Waals surface area contributed by atoms with E-state index in [1.165, 1.54) is 0 Å². The molecule has 0 saturated carbocycles. The average molecular weight is 254 g/mol. The molecule has 0 amide bonds. The van der Waals surface area contributed by atoms with Crippen molar-refractivity contribution in [1.29, 1.82) is 0 Å². The fourth-order valence-corrected chi connectivity index (χ4v) is 1.23. The van der Waals surface area contributed by atoms with E-state index in [1.807, 2.05) is 12.1 Å². The highest BCUT2D eigenvalue weighted by Crippen LogP contribution is 2.13. The predicted molar refractivity (Wildman–Crippen MR) is 62.1 cm³/mol. The molecule has 0 aliphatic heterocycles. The summed E-state index contributed by atoms with van der Waals surface area (Å²) in [7, 11) is 0. The molecule has 0 unspecified atom stereocenters. The van der Waals surface area contributed by atoms with Gasteiger partial charge in [-0.1, -0.05) is 27.8 Å². The Kier molecular flexibility index (Phi) is 4.51. The van der Waals surface area contributed by atoms with Crippen molar-refractivity contribution in [3.8, 4) is 11.8 Å². The normalized spacial score (nSPS) is 9.29. The van der Waals surface area contributed by atoms with Crippen LogP contribution in [0.1, 0.15) is 17.5 Å². The quantitative estimate of drug-likeness (QED) is 0.481. The molecule has 2 nitrogen and oxygen atoms in total. The molecule has 0 spiro atoms. The molecule has 3 heteroatoms. The summed E-state index contributed by atoms with van der Waals surface area (Å²) < 4.78 is 0. The maximum atomic E-state index is 8.98. The molecular formula is C11H12BrNO. The molecule has 1 rings (SSSR count). The van der Waals surface area contributed by atoms with Gasteiger partial charge in [-0.05, 0) is 18.2 Å². The lowest BCUT2D eigenvalue weighted by Gasteiger charge is -2.01. The summed E-state index contributed by atoms with van der Waals surface area (Å²) in [5, 5.41) is 9.86. The van der Waals surface area contributed by atoms with Crippen LogP contribution in [0.25, 0.3) is 0 Å². The van der Waals surface area contributed by atoms with Crippen LogP contribution in [0, 0.1) is 11.8 Å². The van der Waals surface area contributed by atoms with Gasteiger partial charge in [-0.2, -0.15) is 0 Å². The van der Waals surface area contributed by atoms with Gasteiger partial charge < -0.3 is 10.8 Å². The Morgan fingerprint density at radius 1 is 1.43 bits per heavy atom. The summed E-state index contributed by atoms with van der Waals surface area (Å²) in [6.45, 7) is -0.0419. The van der Waals surface area contributed by atoms with Crippen LogP contribution in [-0.2, 0) is 6.61 Å². The number of benzene rings is 1. The summed E-state index contributed by atoms with van der Waals surface area (Å²) in [4.78, 5) is 0. The van der Waals surface area contributed by atoms with Crippen molar-refractivity contribution in [3.63, 3.8) is 0 Å². The van der Waals surface area contributed by atoms with Crippen LogP contribution in [0.4, 0.5) is 5.69 Å². The molecule has 0 atom stereocenters. The van der Waals surface area contributed by atoms with Crippen LogP contribution < -0.4 is 5.73 Å². The lowest BCUT2D eigenvalue weighted by Crippen LogP contribution is -1.94. The third-order valence-corrected chi connectivity index (χ3v) is 2.16. The Morgan fingerprint density at radius 2 is 2.21 bits per heavy atom. The van der Waals surface area contributed by atoms with Gasteiger partial charge >= 0.3 is 0 Å². The fraction of sp³-hybridized carbons (Fsp3) is 0.273. The van der Waals surface area contributed by atoms with Crippen LogP contribution in [0.2, 0.25) is 0 Å². The van der Waals surface area contributed by atoms with E-state index in [0.29, 0.717) is 5.69 Å². The summed E-state index contributed by atoms with van der Waals surface area (Å²) in [5.41, 5.74) is 7.87. The van der Waals surface area contributed by atoms with Crippen molar-refractivity contribution in [3.05, 3.63) is 29.3 Å². The number of nitrogens with two attached hydrogens (primary N) is 1. The smallest absolute Gasteiger partial charge is 0.0702 e. The van der Waals surface area contributed by atoms with Gasteiger partial charge in [-0.25, -0.2) is 0 Å². The molecule has 0 fully saturated rings. The van der Waals surface area contributed by atoms with Gasteiger partial charge in [0.15, 0.2) is 0 Å². The maximum Gasteiger partial charge on any atom is 0.0702 e. The predicted octanol–water partition coefficient (Wildman–Crippen LogP) is 1.90. The number of rotatable bonds is 2. The number of nitrogen functional groups attached to an aromatic ring is 1. The van der Waals surface area contributed by atoms with Gasteiger partial charge in [-0.15, -0.1) is 0 Å². The first-order valence-corrected chi connectivity index (χ1v) is 5.44. The van der Waals surface area contributed by atoms with Gasteiger partial charge in [-0.3, -0.25) is 0 Å². The van der Waals surface area contributed by atoms with E-state index in [2.05, 4.69) is 27.8 Å². The van der Waals surface area contributed by atoms with Gasteiger partial charge in [0.05, 0.1) is 6.61 Å². The largest absolute Gasteiger partial charge is 0.398 e. The number of halogens is 1. The lowest BCUT2D eigenvalue weighted by molar-refractivity contribution is 0.282. The van der Waals surface area contributed by atoms with Gasteiger partial charge in [0.25, 0.3) is 0 Å². The highest BCUT2D eigenvalue weighted by atomic mass is 79.9. The molecule has 14 heavy (non-hydrogen) atoms. The third kappa shape index (κ3) is 3.06. The molecule has 3 N–H and O–H groups in total. The summed E-state index contributed by atoms with van der Waals surface area (Å²) >= 11 is 3.30. The minimum Gasteiger partial charge on any atom is -0.398 e. The summed E-state index contributed by atoms with van der Waals surface area (Å²) in [6.07, 6.45) is 0.818. The third-order valence-electron chi connectivity index (χ3n) is 1.77. The maximum absolute atomic E-state index is 8.98. The molecule has 74 valence electrons. The number of hydrogen-bond donors (Lipinski definition) is 2. The fourth-order valence-electron chi connectivity index (χ4n) is 1.03. The highest BCUT2D eigenvalue weighted by molar-refractivity contribution is 9.09. The molecule has 0 heterocycles. The van der Waals surface area contributed by atoms with E-state index >= 15 is 0 Å². The molecule has 0 saturated heterocycles. The molecule has 0 aromatic heterocycles. The first kappa shape index (κ1) is 11.1. The number of anilines is 1. The van der Waals surface area contributed by atoms with Crippen LogP contribution in [0.3, 0.4) is 0 Å². The second-order valence-corrected chi connectivity index (χ2v) is 3.61. The van der Waals surface area contributed by atoms with Crippen molar-refractivity contribution in [2.75, 3.05) is 11.1 Å². The van der Waals surface area contributed by atoms with E-state index < -0.39 is 0 Å². The zero-order valence-corrected chi connectivity index (χ0v) is 9.34. The number of alkyl halides is 1. The number of hydrogen-bond acceptors (Lipinski definition) is 2. The summed E-state index contributed by atoms with van der Waals surface area (Å²) in [5.74, 6) is 6.00. The number of aliphatic hydroxyl groups is 1.